The highest BCUT2D eigenvalue weighted by Gasteiger charge is 2.07. The van der Waals surface area contributed by atoms with E-state index in [9.17, 15) is 10.1 Å². The molecule has 1 aromatic carbocycles. The largest absolute Gasteiger partial charge is 0.330 e. The molecule has 2 aromatic rings. The van der Waals surface area contributed by atoms with E-state index < -0.39 is 4.92 Å². The number of nitrogens with zero attached hydrogens (tertiary/aromatic N) is 3. The van der Waals surface area contributed by atoms with Crippen LogP contribution < -0.4 is 5.73 Å². The van der Waals surface area contributed by atoms with Crippen LogP contribution in [0, 0.1) is 10.1 Å². The maximum Gasteiger partial charge on any atom is 0.269 e. The van der Waals surface area contributed by atoms with E-state index in [0.717, 1.165) is 30.1 Å². The van der Waals surface area contributed by atoms with Gasteiger partial charge in [-0.2, -0.15) is 5.10 Å². The number of benzene rings is 1. The molecule has 1 aromatic heterocycles. The number of rotatable bonds is 6. The fourth-order valence-corrected chi connectivity index (χ4v) is 1.71. The molecule has 7 nitrogen and oxygen atoms in total. The second-order valence-corrected chi connectivity index (χ2v) is 4.19. The van der Waals surface area contributed by atoms with Crippen molar-refractivity contribution < 1.29 is 4.92 Å². The molecule has 0 bridgehead atoms. The van der Waals surface area contributed by atoms with Crippen molar-refractivity contribution in [3.8, 4) is 0 Å². The lowest BCUT2D eigenvalue weighted by atomic mass is 10.1. The molecular weight excluding hydrogens is 246 g/mol. The fourth-order valence-electron chi connectivity index (χ4n) is 1.71. The Morgan fingerprint density at radius 2 is 2.05 bits per heavy atom. The van der Waals surface area contributed by atoms with Crippen LogP contribution in [0.3, 0.4) is 0 Å². The van der Waals surface area contributed by atoms with Gasteiger partial charge < -0.3 is 5.73 Å². The van der Waals surface area contributed by atoms with Crippen LogP contribution in [0.25, 0.3) is 0 Å². The van der Waals surface area contributed by atoms with E-state index in [1.54, 1.807) is 12.1 Å². The highest BCUT2D eigenvalue weighted by molar-refractivity contribution is 5.33. The van der Waals surface area contributed by atoms with Gasteiger partial charge in [0.05, 0.1) is 4.92 Å². The number of non-ortho nitro benzene ring substituents is 1. The fraction of sp³-hybridized carbons (Fsp3) is 0.333. The maximum atomic E-state index is 10.5. The Morgan fingerprint density at radius 3 is 2.68 bits per heavy atom. The molecule has 0 saturated carbocycles. The number of aromatic nitrogens is 3. The van der Waals surface area contributed by atoms with Gasteiger partial charge in [0.2, 0.25) is 0 Å². The summed E-state index contributed by atoms with van der Waals surface area (Å²) in [5.74, 6) is 1.50. The van der Waals surface area contributed by atoms with Crippen molar-refractivity contribution in [3.05, 3.63) is 51.6 Å². The van der Waals surface area contributed by atoms with Crippen LogP contribution in [-0.2, 0) is 12.8 Å². The highest BCUT2D eigenvalue weighted by Crippen LogP contribution is 2.13. The smallest absolute Gasteiger partial charge is 0.269 e. The van der Waals surface area contributed by atoms with Crippen molar-refractivity contribution in [1.82, 2.24) is 15.2 Å². The number of nitro groups is 1. The topological polar surface area (TPSA) is 111 Å². The van der Waals surface area contributed by atoms with E-state index in [2.05, 4.69) is 15.2 Å². The molecule has 1 heterocycles. The summed E-state index contributed by atoms with van der Waals surface area (Å²) in [4.78, 5) is 14.5. The summed E-state index contributed by atoms with van der Waals surface area (Å²) in [6, 6.07) is 6.42. The zero-order chi connectivity index (χ0) is 13.7. The van der Waals surface area contributed by atoms with E-state index in [4.69, 9.17) is 5.73 Å². The molecule has 0 aliphatic heterocycles. The lowest BCUT2D eigenvalue weighted by Crippen LogP contribution is -2.01. The molecule has 100 valence electrons. The lowest BCUT2D eigenvalue weighted by Gasteiger charge is -1.97. The molecule has 7 heteroatoms. The predicted octanol–water partition coefficient (Wildman–Crippen LogP) is 1.20. The molecular formula is C12H15N5O2. The predicted molar refractivity (Wildman–Crippen MR) is 69.7 cm³/mol. The van der Waals surface area contributed by atoms with Gasteiger partial charge in [0.1, 0.15) is 5.82 Å². The molecule has 0 unspecified atom stereocenters. The Morgan fingerprint density at radius 1 is 1.32 bits per heavy atom. The molecule has 0 amide bonds. The number of nitrogens with two attached hydrogens (primary N) is 1. The molecule has 19 heavy (non-hydrogen) atoms. The Kier molecular flexibility index (Phi) is 4.19. The number of nitro benzene ring substituents is 1. The average Bonchev–Trinajstić information content (AvgIpc) is 2.84. The third-order valence-electron chi connectivity index (χ3n) is 2.70. The summed E-state index contributed by atoms with van der Waals surface area (Å²) in [6.45, 7) is 0.617. The number of hydrogen-bond donors (Lipinski definition) is 2. The Hall–Kier alpha value is -2.28. The minimum atomic E-state index is -0.414. The summed E-state index contributed by atoms with van der Waals surface area (Å²) < 4.78 is 0. The zero-order valence-corrected chi connectivity index (χ0v) is 10.4. The molecule has 3 N–H and O–H groups in total. The van der Waals surface area contributed by atoms with Crippen LogP contribution in [0.15, 0.2) is 24.3 Å². The SMILES string of the molecule is NCCCc1n[nH]c(Cc2ccc([N+](=O)[O-])cc2)n1. The standard InChI is InChI=1S/C12H15N5O2/c13-7-1-2-11-14-12(16-15-11)8-9-3-5-10(6-4-9)17(18)19/h3-6H,1-2,7-8,13H2,(H,14,15,16). The van der Waals surface area contributed by atoms with Crippen molar-refractivity contribution in [3.63, 3.8) is 0 Å². The molecule has 0 aliphatic carbocycles. The number of nitrogens with one attached hydrogen (secondary N) is 1. The van der Waals surface area contributed by atoms with Gasteiger partial charge in [-0.3, -0.25) is 15.2 Å². The first kappa shape index (κ1) is 13.2. The molecule has 0 radical (unpaired) electrons. The molecule has 0 saturated heterocycles. The zero-order valence-electron chi connectivity index (χ0n) is 10.4. The van der Waals surface area contributed by atoms with E-state index in [1.165, 1.54) is 12.1 Å². The first-order chi connectivity index (χ1) is 9.19. The third kappa shape index (κ3) is 3.59. The van der Waals surface area contributed by atoms with Crippen molar-refractivity contribution in [2.24, 2.45) is 5.73 Å². The highest BCUT2D eigenvalue weighted by atomic mass is 16.6. The molecule has 0 fully saturated rings. The van der Waals surface area contributed by atoms with Crippen molar-refractivity contribution in [2.45, 2.75) is 19.3 Å². The lowest BCUT2D eigenvalue weighted by molar-refractivity contribution is -0.384. The normalized spacial score (nSPS) is 10.6. The van der Waals surface area contributed by atoms with E-state index in [1.807, 2.05) is 0 Å². The average molecular weight is 261 g/mol. The van der Waals surface area contributed by atoms with Gasteiger partial charge in [0.25, 0.3) is 5.69 Å². The van der Waals surface area contributed by atoms with E-state index in [-0.39, 0.29) is 5.69 Å². The second kappa shape index (κ2) is 6.05. The Labute approximate surface area is 110 Å². The van der Waals surface area contributed by atoms with Crippen LogP contribution in [0.2, 0.25) is 0 Å². The van der Waals surface area contributed by atoms with Crippen LogP contribution in [0.1, 0.15) is 23.6 Å². The minimum absolute atomic E-state index is 0.0879. The first-order valence-electron chi connectivity index (χ1n) is 6.02. The molecule has 0 aliphatic rings. The first-order valence-corrected chi connectivity index (χ1v) is 6.02. The maximum absolute atomic E-state index is 10.5. The van der Waals surface area contributed by atoms with Gasteiger partial charge in [-0.1, -0.05) is 12.1 Å². The van der Waals surface area contributed by atoms with Gasteiger partial charge in [0.15, 0.2) is 5.82 Å². The second-order valence-electron chi connectivity index (χ2n) is 4.19. The van der Waals surface area contributed by atoms with Crippen LogP contribution in [-0.4, -0.2) is 26.6 Å². The molecule has 0 atom stereocenters. The number of aromatic amines is 1. The Balaban J connectivity index is 2.00. The van der Waals surface area contributed by atoms with Crippen molar-refractivity contribution in [1.29, 1.82) is 0 Å². The van der Waals surface area contributed by atoms with Crippen LogP contribution in [0.4, 0.5) is 5.69 Å². The van der Waals surface area contributed by atoms with Crippen molar-refractivity contribution in [2.75, 3.05) is 6.54 Å². The van der Waals surface area contributed by atoms with Crippen molar-refractivity contribution >= 4 is 5.69 Å². The van der Waals surface area contributed by atoms with Gasteiger partial charge in [0, 0.05) is 25.0 Å². The quantitative estimate of drug-likeness (QED) is 0.599. The summed E-state index contributed by atoms with van der Waals surface area (Å²) in [6.07, 6.45) is 2.19. The van der Waals surface area contributed by atoms with Gasteiger partial charge in [-0.15, -0.1) is 0 Å². The number of hydrogen-bond acceptors (Lipinski definition) is 5. The van der Waals surface area contributed by atoms with Crippen LogP contribution in [0.5, 0.6) is 0 Å². The third-order valence-corrected chi connectivity index (χ3v) is 2.70. The number of aryl methyl sites for hydroxylation is 1. The van der Waals surface area contributed by atoms with E-state index >= 15 is 0 Å². The number of H-pyrrole nitrogens is 1. The summed E-state index contributed by atoms with van der Waals surface area (Å²) in [7, 11) is 0. The van der Waals surface area contributed by atoms with E-state index in [0.29, 0.717) is 13.0 Å². The van der Waals surface area contributed by atoms with Gasteiger partial charge in [-0.05, 0) is 18.5 Å². The minimum Gasteiger partial charge on any atom is -0.330 e. The summed E-state index contributed by atoms with van der Waals surface area (Å²) in [5.41, 5.74) is 6.46. The monoisotopic (exact) mass is 261 g/mol. The van der Waals surface area contributed by atoms with Crippen LogP contribution >= 0.6 is 0 Å². The summed E-state index contributed by atoms with van der Waals surface area (Å²) in [5, 5.41) is 17.5. The van der Waals surface area contributed by atoms with Gasteiger partial charge in [-0.25, -0.2) is 4.98 Å². The Bertz CT molecular complexity index is 550. The van der Waals surface area contributed by atoms with Gasteiger partial charge >= 0.3 is 0 Å². The summed E-state index contributed by atoms with van der Waals surface area (Å²) >= 11 is 0. The molecule has 2 rings (SSSR count). The molecule has 0 spiro atoms.